The van der Waals surface area contributed by atoms with E-state index >= 15 is 0 Å². The summed E-state index contributed by atoms with van der Waals surface area (Å²) in [6.45, 7) is 0.780. The van der Waals surface area contributed by atoms with E-state index in [1.165, 1.54) is 11.0 Å². The van der Waals surface area contributed by atoms with Gasteiger partial charge in [-0.15, -0.1) is 0 Å². The zero-order valence-electron chi connectivity index (χ0n) is 9.90. The van der Waals surface area contributed by atoms with Crippen LogP contribution < -0.4 is 5.32 Å². The molecular formula is C12H12ClFN2O3. The van der Waals surface area contributed by atoms with Gasteiger partial charge in [-0.25, -0.2) is 9.18 Å². The van der Waals surface area contributed by atoms with Crippen LogP contribution in [0.1, 0.15) is 6.42 Å². The van der Waals surface area contributed by atoms with Gasteiger partial charge < -0.3 is 15.3 Å². The van der Waals surface area contributed by atoms with Gasteiger partial charge in [-0.1, -0.05) is 11.6 Å². The third-order valence-corrected chi connectivity index (χ3v) is 3.04. The number of carboxylic acids is 1. The van der Waals surface area contributed by atoms with Crippen molar-refractivity contribution in [3.8, 4) is 0 Å². The maximum Gasteiger partial charge on any atom is 0.321 e. The Labute approximate surface area is 114 Å². The normalized spacial score (nSPS) is 14.9. The highest BCUT2D eigenvalue weighted by atomic mass is 35.5. The first-order valence-electron chi connectivity index (χ1n) is 5.68. The summed E-state index contributed by atoms with van der Waals surface area (Å²) in [6.07, 6.45) is 0.0512. The van der Waals surface area contributed by atoms with E-state index in [-0.39, 0.29) is 29.1 Å². The van der Waals surface area contributed by atoms with Crippen LogP contribution in [0.25, 0.3) is 0 Å². The molecule has 1 saturated heterocycles. The maximum atomic E-state index is 13.1. The third kappa shape index (κ3) is 3.57. The first kappa shape index (κ1) is 13.6. The molecule has 2 rings (SSSR count). The van der Waals surface area contributed by atoms with E-state index in [0.29, 0.717) is 13.1 Å². The second-order valence-corrected chi connectivity index (χ2v) is 4.89. The molecule has 0 saturated carbocycles. The predicted molar refractivity (Wildman–Crippen MR) is 67.7 cm³/mol. The number of nitrogens with zero attached hydrogens (tertiary/aromatic N) is 1. The molecule has 19 heavy (non-hydrogen) atoms. The highest BCUT2D eigenvalue weighted by Gasteiger charge is 2.32. The van der Waals surface area contributed by atoms with Crippen molar-refractivity contribution in [2.45, 2.75) is 6.42 Å². The number of benzene rings is 1. The number of likely N-dealkylation sites (tertiary alicyclic amines) is 1. The highest BCUT2D eigenvalue weighted by molar-refractivity contribution is 6.30. The molecule has 2 amide bonds. The van der Waals surface area contributed by atoms with Gasteiger partial charge in [0.25, 0.3) is 0 Å². The Morgan fingerprint density at radius 3 is 2.68 bits per heavy atom. The zero-order chi connectivity index (χ0) is 14.0. The first-order chi connectivity index (χ1) is 8.94. The van der Waals surface area contributed by atoms with Crippen LogP contribution in [0, 0.1) is 11.7 Å². The van der Waals surface area contributed by atoms with Crippen LogP contribution in [0.15, 0.2) is 18.2 Å². The number of amides is 2. The van der Waals surface area contributed by atoms with Gasteiger partial charge in [0.15, 0.2) is 0 Å². The Kier molecular flexibility index (Phi) is 3.90. The van der Waals surface area contributed by atoms with Crippen LogP contribution in [-0.2, 0) is 4.79 Å². The average molecular weight is 287 g/mol. The number of halogens is 2. The molecule has 1 aliphatic heterocycles. The summed E-state index contributed by atoms with van der Waals surface area (Å²) in [7, 11) is 0. The molecule has 0 radical (unpaired) electrons. The van der Waals surface area contributed by atoms with Crippen LogP contribution in [0.2, 0.25) is 5.02 Å². The lowest BCUT2D eigenvalue weighted by atomic mass is 9.97. The van der Waals surface area contributed by atoms with Crippen LogP contribution in [0.5, 0.6) is 0 Å². The van der Waals surface area contributed by atoms with Crippen molar-refractivity contribution in [1.82, 2.24) is 4.90 Å². The number of aliphatic carboxylic acids is 1. The molecule has 1 aliphatic rings. The number of anilines is 1. The van der Waals surface area contributed by atoms with E-state index < -0.39 is 11.8 Å². The van der Waals surface area contributed by atoms with E-state index in [2.05, 4.69) is 5.32 Å². The Morgan fingerprint density at radius 1 is 1.42 bits per heavy atom. The van der Waals surface area contributed by atoms with Crippen LogP contribution in [-0.4, -0.2) is 35.1 Å². The number of carboxylic acid groups (broad SMARTS) is 1. The number of nitrogens with one attached hydrogen (secondary N) is 1. The van der Waals surface area contributed by atoms with Gasteiger partial charge >= 0.3 is 12.0 Å². The summed E-state index contributed by atoms with van der Waals surface area (Å²) >= 11 is 5.67. The van der Waals surface area contributed by atoms with Crippen molar-refractivity contribution >= 4 is 29.3 Å². The topological polar surface area (TPSA) is 69.6 Å². The number of rotatable bonds is 3. The van der Waals surface area contributed by atoms with Gasteiger partial charge in [-0.3, -0.25) is 4.79 Å². The fraction of sp³-hybridized carbons (Fsp3) is 0.333. The summed E-state index contributed by atoms with van der Waals surface area (Å²) in [5, 5.41) is 11.3. The molecule has 5 nitrogen and oxygen atoms in total. The number of hydrogen-bond donors (Lipinski definition) is 2. The average Bonchev–Trinajstić information content (AvgIpc) is 2.20. The van der Waals surface area contributed by atoms with Gasteiger partial charge in [0.05, 0.1) is 6.42 Å². The van der Waals surface area contributed by atoms with Crippen molar-refractivity contribution in [2.75, 3.05) is 18.4 Å². The molecule has 2 N–H and O–H groups in total. The second-order valence-electron chi connectivity index (χ2n) is 4.46. The molecule has 1 aromatic rings. The number of carbonyl (C=O) groups is 2. The smallest absolute Gasteiger partial charge is 0.321 e. The SMILES string of the molecule is O=C(O)CC1CN(C(=O)Nc2cc(F)cc(Cl)c2)C1. The van der Waals surface area contributed by atoms with Crippen molar-refractivity contribution in [1.29, 1.82) is 0 Å². The molecule has 102 valence electrons. The fourth-order valence-corrected chi connectivity index (χ4v) is 2.16. The standard InChI is InChI=1S/C12H12ClFN2O3/c13-8-2-9(14)4-10(3-8)15-12(19)16-5-7(6-16)1-11(17)18/h2-4,7H,1,5-6H2,(H,15,19)(H,17,18). The lowest BCUT2D eigenvalue weighted by molar-refractivity contribution is -0.139. The molecule has 1 aromatic carbocycles. The molecule has 1 heterocycles. The van der Waals surface area contributed by atoms with E-state index in [9.17, 15) is 14.0 Å². The molecule has 0 unspecified atom stereocenters. The molecule has 0 aromatic heterocycles. The molecule has 1 fully saturated rings. The van der Waals surface area contributed by atoms with Crippen LogP contribution >= 0.6 is 11.6 Å². The lowest BCUT2D eigenvalue weighted by Crippen LogP contribution is -2.52. The fourth-order valence-electron chi connectivity index (χ4n) is 1.94. The molecule has 0 aliphatic carbocycles. The van der Waals surface area contributed by atoms with Crippen molar-refractivity contribution in [3.05, 3.63) is 29.0 Å². The molecular weight excluding hydrogens is 275 g/mol. The van der Waals surface area contributed by atoms with Crippen molar-refractivity contribution in [2.24, 2.45) is 5.92 Å². The maximum absolute atomic E-state index is 13.1. The lowest BCUT2D eigenvalue weighted by Gasteiger charge is -2.38. The minimum absolute atomic E-state index is 0.0145. The van der Waals surface area contributed by atoms with Crippen LogP contribution in [0.3, 0.4) is 0 Å². The Hall–Kier alpha value is -1.82. The van der Waals surface area contributed by atoms with E-state index in [1.807, 2.05) is 0 Å². The second kappa shape index (κ2) is 5.44. The Bertz CT molecular complexity index is 497. The molecule has 0 atom stereocenters. The summed E-state index contributed by atoms with van der Waals surface area (Å²) < 4.78 is 13.1. The van der Waals surface area contributed by atoms with E-state index in [0.717, 1.165) is 12.1 Å². The summed E-state index contributed by atoms with van der Waals surface area (Å²) in [4.78, 5) is 23.7. The number of carbonyl (C=O) groups excluding carboxylic acids is 1. The quantitative estimate of drug-likeness (QED) is 0.896. The van der Waals surface area contributed by atoms with Gasteiger partial charge in [-0.2, -0.15) is 0 Å². The van der Waals surface area contributed by atoms with E-state index in [1.54, 1.807) is 0 Å². The minimum Gasteiger partial charge on any atom is -0.481 e. The Balaban J connectivity index is 1.87. The Morgan fingerprint density at radius 2 is 2.11 bits per heavy atom. The van der Waals surface area contributed by atoms with Crippen LogP contribution in [0.4, 0.5) is 14.9 Å². The molecule has 0 spiro atoms. The summed E-state index contributed by atoms with van der Waals surface area (Å²) in [6, 6.07) is 3.36. The minimum atomic E-state index is -0.873. The highest BCUT2D eigenvalue weighted by Crippen LogP contribution is 2.22. The van der Waals surface area contributed by atoms with Gasteiger partial charge in [0, 0.05) is 29.7 Å². The van der Waals surface area contributed by atoms with Crippen molar-refractivity contribution in [3.63, 3.8) is 0 Å². The number of hydrogen-bond acceptors (Lipinski definition) is 2. The largest absolute Gasteiger partial charge is 0.481 e. The third-order valence-electron chi connectivity index (χ3n) is 2.82. The van der Waals surface area contributed by atoms with Gasteiger partial charge in [-0.05, 0) is 18.2 Å². The predicted octanol–water partition coefficient (Wildman–Crippen LogP) is 2.42. The molecule has 0 bridgehead atoms. The monoisotopic (exact) mass is 286 g/mol. The summed E-state index contributed by atoms with van der Waals surface area (Å²) in [5.74, 6) is -1.42. The first-order valence-corrected chi connectivity index (χ1v) is 6.05. The van der Waals surface area contributed by atoms with E-state index in [4.69, 9.17) is 16.7 Å². The zero-order valence-corrected chi connectivity index (χ0v) is 10.7. The van der Waals surface area contributed by atoms with Gasteiger partial charge in [0.2, 0.25) is 0 Å². The molecule has 7 heteroatoms. The van der Waals surface area contributed by atoms with Crippen molar-refractivity contribution < 1.29 is 19.1 Å². The van der Waals surface area contributed by atoms with Gasteiger partial charge in [0.1, 0.15) is 5.82 Å². The summed E-state index contributed by atoms with van der Waals surface area (Å²) in [5.41, 5.74) is 0.275. The number of urea groups is 1.